The summed E-state index contributed by atoms with van der Waals surface area (Å²) >= 11 is 0. The minimum atomic E-state index is 0.464. The van der Waals surface area contributed by atoms with E-state index in [1.54, 1.807) is 7.11 Å². The molecule has 0 N–H and O–H groups in total. The number of aryl methyl sites for hydroxylation is 1. The van der Waals surface area contributed by atoms with E-state index in [2.05, 4.69) is 49.4 Å². The number of rotatable bonds is 6. The van der Waals surface area contributed by atoms with Gasteiger partial charge in [-0.3, -0.25) is 0 Å². The molecule has 0 aliphatic heterocycles. The highest BCUT2D eigenvalue weighted by Gasteiger charge is 2.09. The van der Waals surface area contributed by atoms with Gasteiger partial charge in [0, 0.05) is 5.56 Å². The molecule has 3 nitrogen and oxygen atoms in total. The quantitative estimate of drug-likeness (QED) is 0.262. The molecule has 0 fully saturated rings. The number of benzene rings is 4. The van der Waals surface area contributed by atoms with E-state index in [1.807, 2.05) is 54.6 Å². The van der Waals surface area contributed by atoms with E-state index < -0.39 is 0 Å². The zero-order valence-electron chi connectivity index (χ0n) is 17.6. The lowest BCUT2D eigenvalue weighted by Gasteiger charge is -2.12. The number of fused-ring (bicyclic) bond motifs is 1. The number of allylic oxidation sites excluding steroid dienone is 1. The summed E-state index contributed by atoms with van der Waals surface area (Å²) in [6, 6.07) is 30.4. The van der Waals surface area contributed by atoms with Crippen LogP contribution in [0.4, 0.5) is 0 Å². The van der Waals surface area contributed by atoms with Gasteiger partial charge >= 0.3 is 0 Å². The van der Waals surface area contributed by atoms with Crippen molar-refractivity contribution in [1.82, 2.24) is 0 Å². The van der Waals surface area contributed by atoms with Crippen molar-refractivity contribution in [2.24, 2.45) is 0 Å². The zero-order valence-corrected chi connectivity index (χ0v) is 17.6. The van der Waals surface area contributed by atoms with Gasteiger partial charge in [-0.2, -0.15) is 5.26 Å². The van der Waals surface area contributed by atoms with Gasteiger partial charge in [-0.1, -0.05) is 78.4 Å². The minimum Gasteiger partial charge on any atom is -0.493 e. The molecular weight excluding hydrogens is 382 g/mol. The van der Waals surface area contributed by atoms with Crippen molar-refractivity contribution < 1.29 is 9.47 Å². The largest absolute Gasteiger partial charge is 0.493 e. The van der Waals surface area contributed by atoms with Crippen LogP contribution in [0.25, 0.3) is 22.4 Å². The molecule has 0 heterocycles. The van der Waals surface area contributed by atoms with Gasteiger partial charge in [-0.15, -0.1) is 0 Å². The van der Waals surface area contributed by atoms with Gasteiger partial charge in [-0.25, -0.2) is 0 Å². The molecule has 0 spiro atoms. The number of nitrogens with zero attached hydrogens (tertiary/aromatic N) is 1. The van der Waals surface area contributed by atoms with E-state index in [9.17, 15) is 5.26 Å². The Morgan fingerprint density at radius 2 is 1.68 bits per heavy atom. The van der Waals surface area contributed by atoms with E-state index in [-0.39, 0.29) is 0 Å². The first-order chi connectivity index (χ1) is 15.2. The van der Waals surface area contributed by atoms with Crippen molar-refractivity contribution in [3.8, 4) is 17.6 Å². The Labute approximate surface area is 182 Å². The summed E-state index contributed by atoms with van der Waals surface area (Å²) < 4.78 is 11.5. The Kier molecular flexibility index (Phi) is 6.01. The third kappa shape index (κ3) is 4.60. The summed E-state index contributed by atoms with van der Waals surface area (Å²) in [6.45, 7) is 2.53. The summed E-state index contributed by atoms with van der Waals surface area (Å²) in [6.07, 6.45) is 1.88. The summed E-state index contributed by atoms with van der Waals surface area (Å²) in [5.74, 6) is 1.31. The number of hydrogen-bond donors (Lipinski definition) is 0. The maximum atomic E-state index is 9.84. The van der Waals surface area contributed by atoms with Crippen LogP contribution in [0, 0.1) is 18.3 Å². The maximum absolute atomic E-state index is 9.84. The van der Waals surface area contributed by atoms with Crippen LogP contribution < -0.4 is 9.47 Å². The van der Waals surface area contributed by atoms with Crippen LogP contribution in [0.1, 0.15) is 22.3 Å². The average molecular weight is 405 g/mol. The first-order valence-corrected chi connectivity index (χ1v) is 10.1. The predicted molar refractivity (Wildman–Crippen MR) is 126 cm³/mol. The second kappa shape index (κ2) is 9.19. The zero-order chi connectivity index (χ0) is 21.6. The monoisotopic (exact) mass is 405 g/mol. The molecule has 152 valence electrons. The molecule has 0 aliphatic carbocycles. The molecular formula is C28H23NO2. The predicted octanol–water partition coefficient (Wildman–Crippen LogP) is 6.80. The summed E-state index contributed by atoms with van der Waals surface area (Å²) in [7, 11) is 1.62. The lowest BCUT2D eigenvalue weighted by atomic mass is 9.97. The van der Waals surface area contributed by atoms with E-state index in [1.165, 1.54) is 5.56 Å². The van der Waals surface area contributed by atoms with Crippen LogP contribution in [0.3, 0.4) is 0 Å². The van der Waals surface area contributed by atoms with E-state index >= 15 is 0 Å². The fraction of sp³-hybridized carbons (Fsp3) is 0.107. The van der Waals surface area contributed by atoms with Crippen LogP contribution in [-0.4, -0.2) is 7.11 Å². The molecule has 0 saturated carbocycles. The van der Waals surface area contributed by atoms with E-state index in [4.69, 9.17) is 9.47 Å². The Balaban J connectivity index is 1.62. The van der Waals surface area contributed by atoms with Crippen LogP contribution in [0.15, 0.2) is 84.9 Å². The fourth-order valence-corrected chi connectivity index (χ4v) is 3.54. The molecule has 31 heavy (non-hydrogen) atoms. The molecule has 0 saturated heterocycles. The normalized spacial score (nSPS) is 11.2. The molecule has 0 aromatic heterocycles. The van der Waals surface area contributed by atoms with Crippen molar-refractivity contribution in [2.75, 3.05) is 7.11 Å². The van der Waals surface area contributed by atoms with Crippen LogP contribution in [-0.2, 0) is 6.61 Å². The number of nitriles is 1. The first-order valence-electron chi connectivity index (χ1n) is 10.1. The fourth-order valence-electron chi connectivity index (χ4n) is 3.54. The second-order valence-corrected chi connectivity index (χ2v) is 7.38. The molecule has 0 bridgehead atoms. The third-order valence-electron chi connectivity index (χ3n) is 5.21. The number of ether oxygens (including phenoxy) is 2. The number of hydrogen-bond acceptors (Lipinski definition) is 3. The molecule has 4 aromatic rings. The van der Waals surface area contributed by atoms with Crippen molar-refractivity contribution in [3.05, 3.63) is 107 Å². The molecule has 0 atom stereocenters. The standard InChI is InChI=1S/C28H23NO2/c1-20-10-12-21(13-11-20)19-31-27-15-14-22(17-28(27)30-2)16-24(18-29)26-9-5-7-23-6-3-4-8-25(23)26/h3-17H,19H2,1-2H3/b24-16-. The van der Waals surface area contributed by atoms with Gasteiger partial charge < -0.3 is 9.47 Å². The summed E-state index contributed by atoms with van der Waals surface area (Å²) in [4.78, 5) is 0. The minimum absolute atomic E-state index is 0.464. The van der Waals surface area contributed by atoms with Gasteiger partial charge in [0.15, 0.2) is 11.5 Å². The Bertz CT molecular complexity index is 1280. The van der Waals surface area contributed by atoms with Gasteiger partial charge in [0.2, 0.25) is 0 Å². The summed E-state index contributed by atoms with van der Waals surface area (Å²) in [5, 5.41) is 12.0. The topological polar surface area (TPSA) is 42.2 Å². The van der Waals surface area contributed by atoms with Crippen molar-refractivity contribution in [2.45, 2.75) is 13.5 Å². The molecule has 0 aliphatic rings. The molecule has 0 radical (unpaired) electrons. The van der Waals surface area contributed by atoms with Crippen molar-refractivity contribution in [1.29, 1.82) is 5.26 Å². The van der Waals surface area contributed by atoms with Crippen molar-refractivity contribution in [3.63, 3.8) is 0 Å². The van der Waals surface area contributed by atoms with Gasteiger partial charge in [-0.05, 0) is 47.0 Å². The van der Waals surface area contributed by atoms with Gasteiger partial charge in [0.05, 0.1) is 18.8 Å². The van der Waals surface area contributed by atoms with Crippen LogP contribution >= 0.6 is 0 Å². The van der Waals surface area contributed by atoms with Gasteiger partial charge in [0.1, 0.15) is 6.61 Å². The lowest BCUT2D eigenvalue weighted by Crippen LogP contribution is -1.98. The molecule has 4 aromatic carbocycles. The number of methoxy groups -OCH3 is 1. The average Bonchev–Trinajstić information content (AvgIpc) is 2.82. The smallest absolute Gasteiger partial charge is 0.161 e. The highest BCUT2D eigenvalue weighted by atomic mass is 16.5. The molecule has 3 heteroatoms. The third-order valence-corrected chi connectivity index (χ3v) is 5.21. The van der Waals surface area contributed by atoms with Crippen molar-refractivity contribution >= 4 is 22.4 Å². The first kappa shape index (κ1) is 20.3. The highest BCUT2D eigenvalue weighted by Crippen LogP contribution is 2.32. The summed E-state index contributed by atoms with van der Waals surface area (Å²) in [5.41, 5.74) is 4.71. The molecule has 4 rings (SSSR count). The SMILES string of the molecule is COc1cc(/C=C(/C#N)c2cccc3ccccc23)ccc1OCc1ccc(C)cc1. The maximum Gasteiger partial charge on any atom is 0.161 e. The van der Waals surface area contributed by atoms with Crippen LogP contribution in [0.5, 0.6) is 11.5 Å². The Morgan fingerprint density at radius 3 is 2.45 bits per heavy atom. The van der Waals surface area contributed by atoms with E-state index in [0.29, 0.717) is 23.7 Å². The van der Waals surface area contributed by atoms with Crippen LogP contribution in [0.2, 0.25) is 0 Å². The van der Waals surface area contributed by atoms with E-state index in [0.717, 1.165) is 27.5 Å². The lowest BCUT2D eigenvalue weighted by molar-refractivity contribution is 0.284. The van der Waals surface area contributed by atoms with Gasteiger partial charge in [0.25, 0.3) is 0 Å². The Morgan fingerprint density at radius 1 is 0.903 bits per heavy atom. The Hall–Kier alpha value is -4.03. The second-order valence-electron chi connectivity index (χ2n) is 7.38. The highest BCUT2D eigenvalue weighted by molar-refractivity contribution is 6.01. The molecule has 0 amide bonds. The molecule has 0 unspecified atom stereocenters.